The Morgan fingerprint density at radius 2 is 2.00 bits per heavy atom. The molecule has 0 bridgehead atoms. The van der Waals surface area contributed by atoms with Crippen molar-refractivity contribution < 1.29 is 28.6 Å². The Bertz CT molecular complexity index is 1120. The van der Waals surface area contributed by atoms with Crippen molar-refractivity contribution in [3.8, 4) is 11.5 Å². The van der Waals surface area contributed by atoms with Gasteiger partial charge in [0.2, 0.25) is 5.91 Å². The summed E-state index contributed by atoms with van der Waals surface area (Å²) in [6.45, 7) is 2.92. The molecule has 2 aromatic rings. The molecule has 36 heavy (non-hydrogen) atoms. The Hall–Kier alpha value is -3.59. The number of nitrogens with one attached hydrogen (secondary N) is 2. The van der Waals surface area contributed by atoms with Crippen LogP contribution < -0.4 is 20.1 Å². The van der Waals surface area contributed by atoms with Crippen LogP contribution in [0.15, 0.2) is 42.5 Å². The van der Waals surface area contributed by atoms with Gasteiger partial charge in [-0.3, -0.25) is 14.4 Å². The van der Waals surface area contributed by atoms with Crippen LogP contribution in [0.5, 0.6) is 11.5 Å². The second-order valence-electron chi connectivity index (χ2n) is 9.12. The lowest BCUT2D eigenvalue weighted by Crippen LogP contribution is -2.54. The molecular formula is C27H33N3O6. The number of likely N-dealkylation sites (N-methyl/N-ethyl adjacent to an activating group) is 1. The molecule has 2 aliphatic heterocycles. The van der Waals surface area contributed by atoms with Gasteiger partial charge in [0.15, 0.2) is 0 Å². The maximum atomic E-state index is 13.4. The van der Waals surface area contributed by atoms with Crippen molar-refractivity contribution >= 4 is 23.4 Å². The SMILES string of the molecule is CCCNC(=O)C[C@@H]1CC[C@H]2[C@H](COc3ccc(NC(=O)c4cccc(OC)c4)cc3C(=O)N2C)O1. The third kappa shape index (κ3) is 5.79. The molecule has 0 aliphatic carbocycles. The highest BCUT2D eigenvalue weighted by atomic mass is 16.5. The van der Waals surface area contributed by atoms with Crippen LogP contribution in [0.4, 0.5) is 5.69 Å². The Morgan fingerprint density at radius 3 is 2.78 bits per heavy atom. The summed E-state index contributed by atoms with van der Waals surface area (Å²) in [5.74, 6) is 0.469. The number of anilines is 1. The number of hydrogen-bond donors (Lipinski definition) is 2. The van der Waals surface area contributed by atoms with Gasteiger partial charge in [-0.05, 0) is 55.7 Å². The van der Waals surface area contributed by atoms with Crippen LogP contribution in [0.3, 0.4) is 0 Å². The number of carbonyl (C=O) groups excluding carboxylic acids is 3. The van der Waals surface area contributed by atoms with Gasteiger partial charge in [-0.2, -0.15) is 0 Å². The molecule has 0 spiro atoms. The van der Waals surface area contributed by atoms with Crippen molar-refractivity contribution in [1.29, 1.82) is 0 Å². The van der Waals surface area contributed by atoms with E-state index in [1.165, 1.54) is 0 Å². The molecule has 3 atom stereocenters. The Morgan fingerprint density at radius 1 is 1.17 bits per heavy atom. The maximum absolute atomic E-state index is 13.4. The van der Waals surface area contributed by atoms with Crippen molar-refractivity contribution in [2.75, 3.05) is 32.6 Å². The van der Waals surface area contributed by atoms with E-state index in [2.05, 4.69) is 10.6 Å². The number of rotatable bonds is 7. The third-order valence-corrected chi connectivity index (χ3v) is 6.59. The Labute approximate surface area is 211 Å². The standard InChI is InChI=1S/C27H33N3O6/c1-4-12-28-25(31)15-20-9-10-22-24(36-20)16-35-23-11-8-18(14-21(23)27(33)30(22)2)29-26(32)17-6-5-7-19(13-17)34-3/h5-8,11,13-14,20,22,24H,4,9-10,12,15-16H2,1-3H3,(H,28,31)(H,29,32)/t20-,22-,24-/m0/s1. The molecule has 192 valence electrons. The summed E-state index contributed by atoms with van der Waals surface area (Å²) < 4.78 is 17.4. The first-order valence-electron chi connectivity index (χ1n) is 12.3. The van der Waals surface area contributed by atoms with Gasteiger partial charge < -0.3 is 29.7 Å². The number of amides is 3. The van der Waals surface area contributed by atoms with Crippen molar-refractivity contribution in [2.45, 2.75) is 50.9 Å². The molecular weight excluding hydrogens is 462 g/mol. The summed E-state index contributed by atoms with van der Waals surface area (Å²) in [6, 6.07) is 11.7. The third-order valence-electron chi connectivity index (χ3n) is 6.59. The van der Waals surface area contributed by atoms with Gasteiger partial charge in [-0.25, -0.2) is 0 Å². The first-order valence-corrected chi connectivity index (χ1v) is 12.3. The van der Waals surface area contributed by atoms with Crippen LogP contribution in [0.1, 0.15) is 53.3 Å². The van der Waals surface area contributed by atoms with Gasteiger partial charge in [0.25, 0.3) is 11.8 Å². The van der Waals surface area contributed by atoms with Crippen molar-refractivity contribution in [2.24, 2.45) is 0 Å². The summed E-state index contributed by atoms with van der Waals surface area (Å²) in [4.78, 5) is 40.0. The second-order valence-corrected chi connectivity index (χ2v) is 9.12. The van der Waals surface area contributed by atoms with Crippen molar-refractivity contribution in [1.82, 2.24) is 10.2 Å². The fourth-order valence-electron chi connectivity index (χ4n) is 4.62. The molecule has 1 saturated heterocycles. The van der Waals surface area contributed by atoms with E-state index in [9.17, 15) is 14.4 Å². The zero-order valence-electron chi connectivity index (χ0n) is 20.9. The smallest absolute Gasteiger partial charge is 0.257 e. The van der Waals surface area contributed by atoms with Crippen molar-refractivity contribution in [3.63, 3.8) is 0 Å². The fourth-order valence-corrected chi connectivity index (χ4v) is 4.62. The quantitative estimate of drug-likeness (QED) is 0.611. The zero-order valence-corrected chi connectivity index (χ0v) is 20.9. The first kappa shape index (κ1) is 25.5. The number of hydrogen-bond acceptors (Lipinski definition) is 6. The normalized spacial score (nSPS) is 21.2. The fraction of sp³-hybridized carbons (Fsp3) is 0.444. The molecule has 2 heterocycles. The molecule has 0 aromatic heterocycles. The molecule has 2 aromatic carbocycles. The molecule has 4 rings (SSSR count). The second kappa shape index (κ2) is 11.4. The van der Waals surface area contributed by atoms with Crippen LogP contribution in [0.25, 0.3) is 0 Å². The molecule has 0 radical (unpaired) electrons. The molecule has 0 saturated carbocycles. The highest BCUT2D eigenvalue weighted by molar-refractivity contribution is 6.05. The number of nitrogens with zero attached hydrogens (tertiary/aromatic N) is 1. The molecule has 9 nitrogen and oxygen atoms in total. The lowest BCUT2D eigenvalue weighted by Gasteiger charge is -2.42. The van der Waals surface area contributed by atoms with E-state index in [1.54, 1.807) is 61.5 Å². The number of ether oxygens (including phenoxy) is 3. The van der Waals surface area contributed by atoms with Gasteiger partial charge in [0.05, 0.1) is 31.2 Å². The minimum absolute atomic E-state index is 0.0228. The Kier molecular flexibility index (Phi) is 8.10. The summed E-state index contributed by atoms with van der Waals surface area (Å²) in [5.41, 5.74) is 1.31. The topological polar surface area (TPSA) is 106 Å². The number of fused-ring (bicyclic) bond motifs is 2. The maximum Gasteiger partial charge on any atom is 0.257 e. The lowest BCUT2D eigenvalue weighted by molar-refractivity contribution is -0.134. The van der Waals surface area contributed by atoms with Crippen molar-refractivity contribution in [3.05, 3.63) is 53.6 Å². The minimum atomic E-state index is -0.336. The molecule has 0 unspecified atom stereocenters. The molecule has 1 fully saturated rings. The van der Waals surface area contributed by atoms with Gasteiger partial charge in [0, 0.05) is 24.8 Å². The molecule has 3 amide bonds. The molecule has 9 heteroatoms. The summed E-state index contributed by atoms with van der Waals surface area (Å²) in [5, 5.41) is 5.73. The van der Waals surface area contributed by atoms with E-state index < -0.39 is 0 Å². The van der Waals surface area contributed by atoms with Crippen LogP contribution in [0.2, 0.25) is 0 Å². The van der Waals surface area contributed by atoms with Crippen LogP contribution >= 0.6 is 0 Å². The monoisotopic (exact) mass is 495 g/mol. The van der Waals surface area contributed by atoms with E-state index in [1.807, 2.05) is 6.92 Å². The Balaban J connectivity index is 1.46. The van der Waals surface area contributed by atoms with E-state index >= 15 is 0 Å². The molecule has 2 aliphatic rings. The highest BCUT2D eigenvalue weighted by Crippen LogP contribution is 2.32. The number of methoxy groups -OCH3 is 1. The predicted octanol–water partition coefficient (Wildman–Crippen LogP) is 3.24. The summed E-state index contributed by atoms with van der Waals surface area (Å²) >= 11 is 0. The van der Waals surface area contributed by atoms with Gasteiger partial charge in [-0.1, -0.05) is 13.0 Å². The average Bonchev–Trinajstić information content (AvgIpc) is 2.89. The predicted molar refractivity (Wildman–Crippen MR) is 135 cm³/mol. The van der Waals surface area contributed by atoms with E-state index in [4.69, 9.17) is 14.2 Å². The average molecular weight is 496 g/mol. The zero-order chi connectivity index (χ0) is 25.7. The van der Waals surface area contributed by atoms with Gasteiger partial charge in [-0.15, -0.1) is 0 Å². The first-order chi connectivity index (χ1) is 17.4. The van der Waals surface area contributed by atoms with Gasteiger partial charge in [0.1, 0.15) is 24.2 Å². The van der Waals surface area contributed by atoms with Crippen LogP contribution in [-0.4, -0.2) is 68.2 Å². The largest absolute Gasteiger partial charge is 0.497 e. The summed E-state index contributed by atoms with van der Waals surface area (Å²) in [6.07, 6.45) is 2.04. The van der Waals surface area contributed by atoms with Crippen LogP contribution in [-0.2, 0) is 9.53 Å². The number of benzene rings is 2. The van der Waals surface area contributed by atoms with E-state index in [0.29, 0.717) is 54.1 Å². The highest BCUT2D eigenvalue weighted by Gasteiger charge is 2.39. The molecule has 2 N–H and O–H groups in total. The number of carbonyl (C=O) groups is 3. The minimum Gasteiger partial charge on any atom is -0.497 e. The van der Waals surface area contributed by atoms with E-state index in [0.717, 1.165) is 6.42 Å². The lowest BCUT2D eigenvalue weighted by atomic mass is 9.94. The van der Waals surface area contributed by atoms with Crippen LogP contribution in [0, 0.1) is 0 Å². The summed E-state index contributed by atoms with van der Waals surface area (Å²) in [7, 11) is 3.30. The van der Waals surface area contributed by atoms with Gasteiger partial charge >= 0.3 is 0 Å². The van der Waals surface area contributed by atoms with E-state index in [-0.39, 0.29) is 42.6 Å².